The summed E-state index contributed by atoms with van der Waals surface area (Å²) in [5.74, 6) is -0.316. The summed E-state index contributed by atoms with van der Waals surface area (Å²) in [6, 6.07) is 14.9. The molecular formula is C45H50N10O7. The van der Waals surface area contributed by atoms with Crippen LogP contribution in [0.1, 0.15) is 97.3 Å². The molecule has 0 radical (unpaired) electrons. The minimum absolute atomic E-state index is 0.00541. The van der Waals surface area contributed by atoms with E-state index in [1.165, 1.54) is 0 Å². The maximum absolute atomic E-state index is 13.8. The molecule has 1 saturated carbocycles. The van der Waals surface area contributed by atoms with Crippen molar-refractivity contribution in [2.75, 3.05) is 37.6 Å². The van der Waals surface area contributed by atoms with Crippen molar-refractivity contribution in [2.24, 2.45) is 5.92 Å². The predicted molar refractivity (Wildman–Crippen MR) is 225 cm³/mol. The van der Waals surface area contributed by atoms with E-state index in [-0.39, 0.29) is 46.8 Å². The summed E-state index contributed by atoms with van der Waals surface area (Å²) in [6.45, 7) is 11.3. The molecule has 3 aromatic heterocycles. The van der Waals surface area contributed by atoms with Gasteiger partial charge >= 0.3 is 0 Å². The number of likely N-dealkylation sites (tertiary alicyclic amines) is 1. The van der Waals surface area contributed by atoms with Crippen LogP contribution in [-0.2, 0) is 26.3 Å². The van der Waals surface area contributed by atoms with Crippen LogP contribution in [0.25, 0.3) is 16.8 Å². The Morgan fingerprint density at radius 2 is 1.77 bits per heavy atom. The number of nitrogens with zero attached hydrogens (tertiary/aromatic N) is 8. The third-order valence-corrected chi connectivity index (χ3v) is 12.7. The second kappa shape index (κ2) is 16.0. The second-order valence-corrected chi connectivity index (χ2v) is 17.9. The van der Waals surface area contributed by atoms with Crippen molar-refractivity contribution in [3.05, 3.63) is 89.5 Å². The van der Waals surface area contributed by atoms with E-state index in [0.29, 0.717) is 75.7 Å². The number of aromatic nitrogens is 5. The van der Waals surface area contributed by atoms with Crippen molar-refractivity contribution in [3.63, 3.8) is 0 Å². The zero-order valence-corrected chi connectivity index (χ0v) is 35.3. The molecule has 1 atom stereocenters. The molecule has 2 N–H and O–H groups in total. The van der Waals surface area contributed by atoms with E-state index in [2.05, 4.69) is 47.9 Å². The van der Waals surface area contributed by atoms with Gasteiger partial charge in [0.15, 0.2) is 6.10 Å². The summed E-state index contributed by atoms with van der Waals surface area (Å²) in [7, 11) is 0. The topological polar surface area (TPSA) is 197 Å². The van der Waals surface area contributed by atoms with E-state index in [1.807, 2.05) is 60.3 Å². The number of amides is 5. The van der Waals surface area contributed by atoms with E-state index >= 15 is 0 Å². The van der Waals surface area contributed by atoms with Gasteiger partial charge in [-0.05, 0) is 80.1 Å². The number of ether oxygens (including phenoxy) is 1. The van der Waals surface area contributed by atoms with E-state index in [1.54, 1.807) is 30.6 Å². The molecule has 6 heterocycles. The Balaban J connectivity index is 0.781. The van der Waals surface area contributed by atoms with Crippen LogP contribution in [0.5, 0.6) is 5.75 Å². The smallest absolute Gasteiger partial charge is 0.292 e. The first kappa shape index (κ1) is 40.7. The summed E-state index contributed by atoms with van der Waals surface area (Å²) in [4.78, 5) is 79.0. The summed E-state index contributed by atoms with van der Waals surface area (Å²) in [6.07, 6.45) is 6.43. The monoisotopic (exact) mass is 842 g/mol. The maximum atomic E-state index is 13.8. The van der Waals surface area contributed by atoms with Crippen molar-refractivity contribution < 1.29 is 33.2 Å². The van der Waals surface area contributed by atoms with Crippen LogP contribution < -0.4 is 20.3 Å². The van der Waals surface area contributed by atoms with Crippen molar-refractivity contribution in [1.82, 2.24) is 45.2 Å². The molecule has 1 unspecified atom stereocenters. The fourth-order valence-electron chi connectivity index (χ4n) is 9.17. The van der Waals surface area contributed by atoms with Crippen LogP contribution in [0, 0.1) is 12.8 Å². The molecule has 1 spiro atoms. The minimum Gasteiger partial charge on any atom is -0.481 e. The Morgan fingerprint density at radius 1 is 1.00 bits per heavy atom. The summed E-state index contributed by atoms with van der Waals surface area (Å²) >= 11 is 0. The third-order valence-electron chi connectivity index (χ3n) is 12.7. The van der Waals surface area contributed by atoms with Crippen LogP contribution in [-0.4, -0.2) is 108 Å². The zero-order chi connectivity index (χ0) is 43.3. The highest BCUT2D eigenvalue weighted by molar-refractivity contribution is 6.00. The Morgan fingerprint density at radius 3 is 2.48 bits per heavy atom. The molecule has 17 nitrogen and oxygen atoms in total. The van der Waals surface area contributed by atoms with Gasteiger partial charge in [-0.1, -0.05) is 38.1 Å². The molecule has 322 valence electrons. The highest BCUT2D eigenvalue weighted by Crippen LogP contribution is 2.50. The molecule has 5 aromatic rings. The molecule has 4 fully saturated rings. The van der Waals surface area contributed by atoms with Crippen LogP contribution in [0.3, 0.4) is 0 Å². The quantitative estimate of drug-likeness (QED) is 0.201. The molecule has 1 aliphatic carbocycles. The van der Waals surface area contributed by atoms with Gasteiger partial charge in [0.25, 0.3) is 23.5 Å². The Hall–Kier alpha value is -6.65. The van der Waals surface area contributed by atoms with Crippen molar-refractivity contribution in [1.29, 1.82) is 0 Å². The van der Waals surface area contributed by atoms with Gasteiger partial charge in [-0.15, -0.1) is 0 Å². The van der Waals surface area contributed by atoms with Gasteiger partial charge in [-0.3, -0.25) is 29.3 Å². The van der Waals surface area contributed by atoms with Crippen LogP contribution in [0.2, 0.25) is 0 Å². The number of nitrogens with one attached hydrogen (secondary N) is 2. The van der Waals surface area contributed by atoms with Gasteiger partial charge in [0, 0.05) is 80.1 Å². The lowest BCUT2D eigenvalue weighted by Crippen LogP contribution is -2.60. The number of benzene rings is 2. The van der Waals surface area contributed by atoms with Gasteiger partial charge in [0.2, 0.25) is 17.7 Å². The Labute approximate surface area is 358 Å². The van der Waals surface area contributed by atoms with Gasteiger partial charge in [-0.25, -0.2) is 9.50 Å². The number of rotatable bonds is 9. The van der Waals surface area contributed by atoms with Gasteiger partial charge in [0.1, 0.15) is 12.1 Å². The highest BCUT2D eigenvalue weighted by atomic mass is 16.5. The average Bonchev–Trinajstić information content (AvgIpc) is 4.03. The maximum Gasteiger partial charge on any atom is 0.292 e. The fraction of sp³-hybridized carbons (Fsp3) is 0.444. The number of piperidine rings is 1. The molecule has 2 aromatic carbocycles. The zero-order valence-electron chi connectivity index (χ0n) is 35.3. The van der Waals surface area contributed by atoms with Gasteiger partial charge in [0.05, 0.1) is 23.1 Å². The lowest BCUT2D eigenvalue weighted by molar-refractivity contribution is -0.143. The summed E-state index contributed by atoms with van der Waals surface area (Å²) in [5, 5.41) is 13.5. The normalized spacial score (nSPS) is 21.6. The molecule has 0 bridgehead atoms. The van der Waals surface area contributed by atoms with Crippen molar-refractivity contribution in [2.45, 2.75) is 89.8 Å². The number of carbonyl (C=O) groups is 5. The molecule has 62 heavy (non-hydrogen) atoms. The molecule has 3 aliphatic heterocycles. The van der Waals surface area contributed by atoms with Crippen LogP contribution >= 0.6 is 0 Å². The lowest BCUT2D eigenvalue weighted by atomic mass is 9.66. The number of imide groups is 1. The van der Waals surface area contributed by atoms with E-state index < -0.39 is 17.9 Å². The third kappa shape index (κ3) is 7.86. The van der Waals surface area contributed by atoms with Crippen molar-refractivity contribution in [3.8, 4) is 17.0 Å². The first-order valence-electron chi connectivity index (χ1n) is 21.3. The van der Waals surface area contributed by atoms with E-state index in [4.69, 9.17) is 9.26 Å². The number of hydrogen-bond donors (Lipinski definition) is 2. The van der Waals surface area contributed by atoms with Gasteiger partial charge in [-0.2, -0.15) is 10.1 Å². The minimum atomic E-state index is -0.745. The summed E-state index contributed by atoms with van der Waals surface area (Å²) in [5.41, 5.74) is 5.38. The van der Waals surface area contributed by atoms with Crippen molar-refractivity contribution >= 4 is 40.7 Å². The lowest BCUT2D eigenvalue weighted by Gasteiger charge is -2.51. The Bertz CT molecular complexity index is 2560. The molecule has 5 amide bonds. The van der Waals surface area contributed by atoms with Crippen LogP contribution in [0.4, 0.5) is 5.69 Å². The first-order chi connectivity index (χ1) is 29.7. The van der Waals surface area contributed by atoms with Crippen LogP contribution in [0.15, 0.2) is 65.6 Å². The SMILES string of the molecule is Cc1cc(-c2ncnn3cc(N4CCN(C(=O)C5CC6(CCCN6C(=O)c6ccc(OC7CCC(=O)NC7=O)cc6)C5)CC4)cc23)ccc1CNC(=O)c1noc(C(C)(C)C)n1. The predicted octanol–water partition coefficient (Wildman–Crippen LogP) is 4.23. The molecule has 3 saturated heterocycles. The number of piperazine rings is 1. The average molecular weight is 843 g/mol. The first-order valence-corrected chi connectivity index (χ1v) is 21.3. The molecule has 17 heteroatoms. The number of aryl methyl sites for hydroxylation is 1. The standard InChI is InChI=1S/C45H50N10O7/c1-27-20-29(6-7-30(27)24-46-40(58)38-50-43(62-51-38)44(2,3)4)37-34-21-32(25-55(34)48-26-47-37)52-16-18-53(19-17-52)41(59)31-22-45(23-31)14-5-15-54(45)42(60)28-8-10-33(11-9-28)61-35-12-13-36(56)49-39(35)57/h6-11,20-21,25-26,31,35H,5,12-19,22-24H2,1-4H3,(H,46,58)(H,49,56,57). The molecule has 9 rings (SSSR count). The largest absolute Gasteiger partial charge is 0.481 e. The molecular weight excluding hydrogens is 793 g/mol. The Kier molecular flexibility index (Phi) is 10.5. The summed E-state index contributed by atoms with van der Waals surface area (Å²) < 4.78 is 12.9. The molecule has 4 aliphatic rings. The van der Waals surface area contributed by atoms with E-state index in [0.717, 1.165) is 46.4 Å². The number of carbonyl (C=O) groups excluding carboxylic acids is 5. The number of fused-ring (bicyclic) bond motifs is 1. The number of anilines is 1. The van der Waals surface area contributed by atoms with Gasteiger partial charge < -0.3 is 29.3 Å². The fourth-order valence-corrected chi connectivity index (χ4v) is 9.17. The highest BCUT2D eigenvalue weighted by Gasteiger charge is 2.55. The second-order valence-electron chi connectivity index (χ2n) is 17.9. The number of hydrogen-bond acceptors (Lipinski definition) is 12. The van der Waals surface area contributed by atoms with E-state index in [9.17, 15) is 24.0 Å².